The third-order valence-electron chi connectivity index (χ3n) is 7.19. The molecule has 0 bridgehead atoms. The molecule has 0 saturated heterocycles. The summed E-state index contributed by atoms with van der Waals surface area (Å²) in [6.45, 7) is 4.19. The molecule has 7 heteroatoms. The standard InChI is InChI=1S/C28H29NO5S.H2/c1-4-20-15-21(7-10-26(20)35(31,32)29-3)23-13-19(6-5-18(23)2)14-27(30)28(11-12-28)22-8-9-24-25(16-22)34-17-33-24;/h5-10,13,15-16,29H,4,11-12,14,17H2,1-3H3;1H. The van der Waals surface area contributed by atoms with Crippen LogP contribution in [-0.4, -0.2) is 28.0 Å². The zero-order valence-electron chi connectivity index (χ0n) is 20.2. The number of carbonyl (C=O) groups is 1. The smallest absolute Gasteiger partial charge is 0.240 e. The van der Waals surface area contributed by atoms with E-state index in [0.29, 0.717) is 23.5 Å². The Morgan fingerprint density at radius 3 is 2.51 bits per heavy atom. The van der Waals surface area contributed by atoms with Crippen molar-refractivity contribution in [2.75, 3.05) is 13.8 Å². The largest absolute Gasteiger partial charge is 0.454 e. The van der Waals surface area contributed by atoms with Gasteiger partial charge in [-0.05, 0) is 90.9 Å². The van der Waals surface area contributed by atoms with Crippen LogP contribution >= 0.6 is 0 Å². The highest BCUT2D eigenvalue weighted by molar-refractivity contribution is 7.89. The summed E-state index contributed by atoms with van der Waals surface area (Å²) in [5.74, 6) is 1.63. The Morgan fingerprint density at radius 2 is 1.80 bits per heavy atom. The van der Waals surface area contributed by atoms with E-state index in [1.807, 2.05) is 56.3 Å². The van der Waals surface area contributed by atoms with Gasteiger partial charge in [0.1, 0.15) is 5.78 Å². The van der Waals surface area contributed by atoms with Crippen molar-refractivity contribution in [3.63, 3.8) is 0 Å². The second-order valence-corrected chi connectivity index (χ2v) is 11.1. The molecule has 0 unspecified atom stereocenters. The Hall–Kier alpha value is -3.16. The third kappa shape index (κ3) is 4.23. The lowest BCUT2D eigenvalue weighted by molar-refractivity contribution is -0.120. The fourth-order valence-electron chi connectivity index (χ4n) is 4.89. The molecule has 0 amide bonds. The van der Waals surface area contributed by atoms with Crippen LogP contribution in [-0.2, 0) is 33.1 Å². The highest BCUT2D eigenvalue weighted by Crippen LogP contribution is 2.51. The molecule has 0 radical (unpaired) electrons. The number of aryl methyl sites for hydroxylation is 2. The Bertz CT molecular complexity index is 1430. The van der Waals surface area contributed by atoms with Crippen LogP contribution < -0.4 is 14.2 Å². The zero-order valence-corrected chi connectivity index (χ0v) is 21.0. The number of Topliss-reactive ketones (excluding diaryl/α,β-unsaturated/α-hetero) is 1. The van der Waals surface area contributed by atoms with Crippen LogP contribution in [0.15, 0.2) is 59.5 Å². The molecule has 184 valence electrons. The summed E-state index contributed by atoms with van der Waals surface area (Å²) in [7, 11) is -2.11. The van der Waals surface area contributed by atoms with Gasteiger partial charge in [-0.3, -0.25) is 4.79 Å². The molecule has 6 nitrogen and oxygen atoms in total. The first-order chi connectivity index (χ1) is 16.8. The lowest BCUT2D eigenvalue weighted by Gasteiger charge is -2.17. The molecule has 1 N–H and O–H groups in total. The topological polar surface area (TPSA) is 81.7 Å². The fourth-order valence-corrected chi connectivity index (χ4v) is 5.90. The first kappa shape index (κ1) is 23.6. The van der Waals surface area contributed by atoms with Gasteiger partial charge in [-0.25, -0.2) is 13.1 Å². The quantitative estimate of drug-likeness (QED) is 0.480. The molecule has 1 aliphatic heterocycles. The van der Waals surface area contributed by atoms with Crippen LogP contribution in [0.2, 0.25) is 0 Å². The Labute approximate surface area is 207 Å². The van der Waals surface area contributed by atoms with E-state index in [1.54, 1.807) is 6.07 Å². The van der Waals surface area contributed by atoms with Gasteiger partial charge in [0.05, 0.1) is 10.3 Å². The Kier molecular flexibility index (Phi) is 5.93. The Morgan fingerprint density at radius 1 is 1.03 bits per heavy atom. The summed E-state index contributed by atoms with van der Waals surface area (Å²) >= 11 is 0. The molecule has 0 atom stereocenters. The van der Waals surface area contributed by atoms with E-state index in [-0.39, 0.29) is 14.0 Å². The van der Waals surface area contributed by atoms with Gasteiger partial charge in [0.2, 0.25) is 16.8 Å². The minimum Gasteiger partial charge on any atom is -0.454 e. The minimum atomic E-state index is -3.53. The number of benzene rings is 3. The lowest BCUT2D eigenvalue weighted by atomic mass is 9.86. The molecule has 0 spiro atoms. The van der Waals surface area contributed by atoms with Crippen molar-refractivity contribution in [3.05, 3.63) is 76.9 Å². The van der Waals surface area contributed by atoms with Gasteiger partial charge < -0.3 is 9.47 Å². The molecule has 1 saturated carbocycles. The number of ketones is 1. The summed E-state index contributed by atoms with van der Waals surface area (Å²) in [6, 6.07) is 17.3. The van der Waals surface area contributed by atoms with Gasteiger partial charge in [-0.2, -0.15) is 0 Å². The summed E-state index contributed by atoms with van der Waals surface area (Å²) in [5, 5.41) is 0. The lowest BCUT2D eigenvalue weighted by Crippen LogP contribution is -2.22. The van der Waals surface area contributed by atoms with Crippen molar-refractivity contribution in [1.82, 2.24) is 4.72 Å². The van der Waals surface area contributed by atoms with Crippen molar-refractivity contribution in [1.29, 1.82) is 0 Å². The number of ether oxygens (including phenoxy) is 2. The minimum absolute atomic E-state index is 0. The zero-order chi connectivity index (χ0) is 24.8. The van der Waals surface area contributed by atoms with E-state index in [4.69, 9.17) is 9.47 Å². The maximum Gasteiger partial charge on any atom is 0.240 e. The average molecular weight is 494 g/mol. The van der Waals surface area contributed by atoms with E-state index in [2.05, 4.69) is 10.8 Å². The van der Waals surface area contributed by atoms with Crippen LogP contribution in [0.3, 0.4) is 0 Å². The van der Waals surface area contributed by atoms with Crippen LogP contribution in [0, 0.1) is 6.92 Å². The number of rotatable bonds is 8. The number of nitrogens with one attached hydrogen (secondary N) is 1. The van der Waals surface area contributed by atoms with Crippen LogP contribution in [0.1, 0.15) is 43.4 Å². The van der Waals surface area contributed by atoms with E-state index in [9.17, 15) is 13.2 Å². The van der Waals surface area contributed by atoms with E-state index < -0.39 is 15.4 Å². The van der Waals surface area contributed by atoms with E-state index in [1.165, 1.54) is 7.05 Å². The number of carbonyl (C=O) groups excluding carboxylic acids is 1. The van der Waals surface area contributed by atoms with Gasteiger partial charge >= 0.3 is 0 Å². The third-order valence-corrected chi connectivity index (χ3v) is 8.70. The highest BCUT2D eigenvalue weighted by atomic mass is 32.2. The molecule has 1 aliphatic carbocycles. The molecular formula is C28H31NO5S. The van der Waals surface area contributed by atoms with Gasteiger partial charge in [0.15, 0.2) is 11.5 Å². The summed E-state index contributed by atoms with van der Waals surface area (Å²) in [4.78, 5) is 13.8. The van der Waals surface area contributed by atoms with Crippen molar-refractivity contribution < 1.29 is 24.1 Å². The summed E-state index contributed by atoms with van der Waals surface area (Å²) in [6.07, 6.45) is 2.62. The molecule has 0 aromatic heterocycles. The molecule has 2 aliphatic rings. The SMILES string of the molecule is CCc1cc(-c2cc(CC(=O)C3(c4ccc5c(c4)OCO5)CC3)ccc2C)ccc1S(=O)(=O)NC.[HH]. The molecule has 35 heavy (non-hydrogen) atoms. The first-order valence-corrected chi connectivity index (χ1v) is 13.4. The van der Waals surface area contributed by atoms with Gasteiger partial charge in [-0.15, -0.1) is 0 Å². The van der Waals surface area contributed by atoms with Crippen LogP contribution in [0.4, 0.5) is 0 Å². The van der Waals surface area contributed by atoms with Crippen molar-refractivity contribution in [2.45, 2.75) is 49.8 Å². The summed E-state index contributed by atoms with van der Waals surface area (Å²) in [5.41, 5.74) is 5.28. The predicted molar refractivity (Wildman–Crippen MR) is 137 cm³/mol. The van der Waals surface area contributed by atoms with Gasteiger partial charge in [-0.1, -0.05) is 37.3 Å². The second-order valence-electron chi connectivity index (χ2n) is 9.28. The number of hydrogen-bond donors (Lipinski definition) is 1. The highest BCUT2D eigenvalue weighted by Gasteiger charge is 2.50. The fraction of sp³-hybridized carbons (Fsp3) is 0.321. The monoisotopic (exact) mass is 493 g/mol. The molecule has 1 heterocycles. The summed E-state index contributed by atoms with van der Waals surface area (Å²) < 4.78 is 38.1. The maximum atomic E-state index is 13.5. The normalized spacial score (nSPS) is 15.7. The Balaban J connectivity index is 0.00000304. The van der Waals surface area contributed by atoms with Crippen molar-refractivity contribution in [2.24, 2.45) is 0 Å². The number of hydrogen-bond acceptors (Lipinski definition) is 5. The average Bonchev–Trinajstić information content (AvgIpc) is 3.55. The van der Waals surface area contributed by atoms with Crippen molar-refractivity contribution in [3.8, 4) is 22.6 Å². The van der Waals surface area contributed by atoms with Gasteiger partial charge in [0.25, 0.3) is 0 Å². The second kappa shape index (κ2) is 8.81. The maximum absolute atomic E-state index is 13.5. The van der Waals surface area contributed by atoms with Crippen LogP contribution in [0.5, 0.6) is 11.5 Å². The molecule has 1 fully saturated rings. The van der Waals surface area contributed by atoms with Gasteiger partial charge in [0, 0.05) is 7.85 Å². The molecule has 3 aromatic rings. The van der Waals surface area contributed by atoms with Crippen LogP contribution in [0.25, 0.3) is 11.1 Å². The van der Waals surface area contributed by atoms with E-state index >= 15 is 0 Å². The molecule has 3 aromatic carbocycles. The first-order valence-electron chi connectivity index (χ1n) is 11.9. The molecule has 5 rings (SSSR count). The van der Waals surface area contributed by atoms with E-state index in [0.717, 1.165) is 52.0 Å². The number of sulfonamides is 1. The number of fused-ring (bicyclic) bond motifs is 1. The predicted octanol–water partition coefficient (Wildman–Crippen LogP) is 4.95. The molecular weight excluding hydrogens is 462 g/mol. The van der Waals surface area contributed by atoms with Crippen molar-refractivity contribution >= 4 is 15.8 Å².